The van der Waals surface area contributed by atoms with Crippen LogP contribution in [0.3, 0.4) is 0 Å². The highest BCUT2D eigenvalue weighted by molar-refractivity contribution is 6.30. The molecule has 0 spiro atoms. The maximum absolute atomic E-state index is 12.7. The van der Waals surface area contributed by atoms with Gasteiger partial charge in [-0.1, -0.05) is 35.9 Å². The number of esters is 1. The van der Waals surface area contributed by atoms with Crippen molar-refractivity contribution in [3.8, 4) is 5.75 Å². The minimum atomic E-state index is -0.921. The van der Waals surface area contributed by atoms with E-state index in [0.717, 1.165) is 5.56 Å². The molecule has 0 bridgehead atoms. The normalized spacial score (nSPS) is 22.9. The van der Waals surface area contributed by atoms with Gasteiger partial charge in [-0.25, -0.2) is 9.59 Å². The molecule has 1 heterocycles. The number of carbonyl (C=O) groups excluding carboxylic acids is 1. The van der Waals surface area contributed by atoms with Crippen LogP contribution in [-0.2, 0) is 4.79 Å². The van der Waals surface area contributed by atoms with Crippen LogP contribution in [0.2, 0.25) is 5.02 Å². The van der Waals surface area contributed by atoms with E-state index in [1.54, 1.807) is 36.4 Å². The molecule has 0 aromatic heterocycles. The molecule has 3 atom stereocenters. The fourth-order valence-electron chi connectivity index (χ4n) is 3.70. The maximum atomic E-state index is 12.7. The average molecular weight is 370 g/mol. The van der Waals surface area contributed by atoms with Crippen molar-refractivity contribution < 1.29 is 19.4 Å². The molecule has 3 unspecified atom stereocenters. The molecule has 4 rings (SSSR count). The Morgan fingerprint density at radius 1 is 1.15 bits per heavy atom. The zero-order chi connectivity index (χ0) is 18.3. The van der Waals surface area contributed by atoms with Crippen LogP contribution in [0.15, 0.2) is 54.6 Å². The Morgan fingerprint density at radius 3 is 2.65 bits per heavy atom. The fraction of sp³-hybridized carbons (Fsp3) is 0.200. The number of carbonyl (C=O) groups is 2. The maximum Gasteiger partial charge on any atom is 0.345 e. The minimum absolute atomic E-state index is 0.0179. The number of rotatable bonds is 3. The molecule has 6 heteroatoms. The van der Waals surface area contributed by atoms with Crippen molar-refractivity contribution in [2.45, 2.75) is 18.4 Å². The summed E-state index contributed by atoms with van der Waals surface area (Å²) in [4.78, 5) is 24.4. The van der Waals surface area contributed by atoms with Crippen LogP contribution in [0, 0.1) is 5.92 Å². The topological polar surface area (TPSA) is 75.6 Å². The van der Waals surface area contributed by atoms with E-state index in [9.17, 15) is 14.7 Å². The Morgan fingerprint density at radius 2 is 1.92 bits per heavy atom. The molecule has 1 aliphatic heterocycles. The zero-order valence-corrected chi connectivity index (χ0v) is 14.4. The van der Waals surface area contributed by atoms with Crippen LogP contribution in [0.1, 0.15) is 28.3 Å². The van der Waals surface area contributed by atoms with Crippen molar-refractivity contribution in [3.63, 3.8) is 0 Å². The third-order valence-electron chi connectivity index (χ3n) is 4.91. The largest absolute Gasteiger partial charge is 0.480 e. The number of fused-ring (bicyclic) bond motifs is 3. The highest BCUT2D eigenvalue weighted by Crippen LogP contribution is 2.45. The van der Waals surface area contributed by atoms with Crippen LogP contribution in [-0.4, -0.2) is 23.1 Å². The third kappa shape index (κ3) is 2.84. The van der Waals surface area contributed by atoms with Gasteiger partial charge in [0.15, 0.2) is 0 Å². The summed E-state index contributed by atoms with van der Waals surface area (Å²) in [5.74, 6) is -1.16. The Kier molecular flexibility index (Phi) is 4.17. The van der Waals surface area contributed by atoms with Gasteiger partial charge in [-0.05, 0) is 42.3 Å². The third-order valence-corrected chi connectivity index (χ3v) is 5.16. The number of aliphatic carboxylic acids is 1. The first-order chi connectivity index (χ1) is 12.5. The van der Waals surface area contributed by atoms with Crippen LogP contribution in [0.5, 0.6) is 5.75 Å². The summed E-state index contributed by atoms with van der Waals surface area (Å²) < 4.78 is 5.43. The second-order valence-corrected chi connectivity index (χ2v) is 6.86. The lowest BCUT2D eigenvalue weighted by Gasteiger charge is -2.35. The van der Waals surface area contributed by atoms with Crippen LogP contribution < -0.4 is 10.1 Å². The number of benzene rings is 2. The van der Waals surface area contributed by atoms with E-state index >= 15 is 0 Å². The van der Waals surface area contributed by atoms with Crippen molar-refractivity contribution in [2.75, 3.05) is 5.32 Å². The van der Waals surface area contributed by atoms with Crippen molar-refractivity contribution in [1.82, 2.24) is 0 Å². The second-order valence-electron chi connectivity index (χ2n) is 6.43. The summed E-state index contributed by atoms with van der Waals surface area (Å²) in [7, 11) is 0. The molecule has 26 heavy (non-hydrogen) atoms. The van der Waals surface area contributed by atoms with Crippen molar-refractivity contribution in [1.29, 1.82) is 0 Å². The predicted octanol–water partition coefficient (Wildman–Crippen LogP) is 4.10. The number of allylic oxidation sites excluding steroid dienone is 2. The van der Waals surface area contributed by atoms with E-state index < -0.39 is 18.0 Å². The van der Waals surface area contributed by atoms with E-state index in [1.807, 2.05) is 18.2 Å². The van der Waals surface area contributed by atoms with E-state index in [4.69, 9.17) is 16.3 Å². The van der Waals surface area contributed by atoms with Crippen LogP contribution in [0.4, 0.5) is 5.69 Å². The number of ether oxygens (including phenoxy) is 1. The van der Waals surface area contributed by atoms with Gasteiger partial charge in [0, 0.05) is 16.9 Å². The van der Waals surface area contributed by atoms with Gasteiger partial charge in [-0.15, -0.1) is 0 Å². The van der Waals surface area contributed by atoms with Crippen molar-refractivity contribution in [2.24, 2.45) is 5.92 Å². The molecular formula is C20H16ClNO4. The summed E-state index contributed by atoms with van der Waals surface area (Å²) in [6.45, 7) is 0. The highest BCUT2D eigenvalue weighted by Gasteiger charge is 2.42. The number of anilines is 1. The number of hydrogen-bond acceptors (Lipinski definition) is 4. The van der Waals surface area contributed by atoms with E-state index in [0.29, 0.717) is 28.4 Å². The van der Waals surface area contributed by atoms with Gasteiger partial charge >= 0.3 is 11.9 Å². The first kappa shape index (κ1) is 16.7. The summed E-state index contributed by atoms with van der Waals surface area (Å²) in [6.07, 6.45) is 4.73. The molecule has 0 amide bonds. The summed E-state index contributed by atoms with van der Waals surface area (Å²) in [5.41, 5.74) is 1.78. The molecule has 132 valence electrons. The molecular weight excluding hydrogens is 354 g/mol. The lowest BCUT2D eigenvalue weighted by molar-refractivity contribution is -0.139. The zero-order valence-electron chi connectivity index (χ0n) is 13.7. The molecule has 2 aromatic carbocycles. The summed E-state index contributed by atoms with van der Waals surface area (Å²) >= 11 is 5.84. The lowest BCUT2D eigenvalue weighted by atomic mass is 9.78. The first-order valence-electron chi connectivity index (χ1n) is 8.31. The van der Waals surface area contributed by atoms with Crippen molar-refractivity contribution >= 4 is 29.2 Å². The van der Waals surface area contributed by atoms with Gasteiger partial charge in [-0.2, -0.15) is 0 Å². The number of nitrogens with one attached hydrogen (secondary N) is 1. The Hall–Kier alpha value is -2.79. The molecule has 0 fully saturated rings. The van der Waals surface area contributed by atoms with E-state index in [2.05, 4.69) is 5.32 Å². The molecule has 2 N–H and O–H groups in total. The van der Waals surface area contributed by atoms with Gasteiger partial charge in [0.1, 0.15) is 11.8 Å². The van der Waals surface area contributed by atoms with Crippen molar-refractivity contribution in [3.05, 3.63) is 70.8 Å². The molecule has 2 aliphatic rings. The molecule has 5 nitrogen and oxygen atoms in total. The molecule has 0 saturated heterocycles. The Labute approximate surface area is 155 Å². The van der Waals surface area contributed by atoms with Gasteiger partial charge in [0.05, 0.1) is 11.3 Å². The molecule has 0 saturated carbocycles. The second kappa shape index (κ2) is 6.50. The predicted molar refractivity (Wildman–Crippen MR) is 97.9 cm³/mol. The Balaban J connectivity index is 1.69. The van der Waals surface area contributed by atoms with Gasteiger partial charge in [-0.3, -0.25) is 0 Å². The highest BCUT2D eigenvalue weighted by atomic mass is 35.5. The number of hydrogen-bond donors (Lipinski definition) is 2. The number of carboxylic acid groups (broad SMARTS) is 1. The molecule has 2 aromatic rings. The quantitative estimate of drug-likeness (QED) is 0.484. The monoisotopic (exact) mass is 369 g/mol. The standard InChI is InChI=1S/C20H16ClNO4/c21-11-7-9-12(10-8-11)26-20(25)16-6-2-4-14-13-3-1-5-15(13)18(19(23)24)22-17(14)16/h1-4,6-10,13,15,18,22H,5H2,(H,23,24). The Bertz CT molecular complexity index is 907. The van der Waals surface area contributed by atoms with Crippen LogP contribution in [0.25, 0.3) is 0 Å². The fourth-order valence-corrected chi connectivity index (χ4v) is 3.83. The minimum Gasteiger partial charge on any atom is -0.480 e. The van der Waals surface area contributed by atoms with E-state index in [-0.39, 0.29) is 11.8 Å². The van der Waals surface area contributed by atoms with Gasteiger partial charge < -0.3 is 15.2 Å². The smallest absolute Gasteiger partial charge is 0.345 e. The summed E-state index contributed by atoms with van der Waals surface area (Å²) in [6, 6.07) is 11.1. The SMILES string of the molecule is O=C(Oc1ccc(Cl)cc1)c1cccc2c1NC(C(=O)O)C1CC=CC21. The lowest BCUT2D eigenvalue weighted by Crippen LogP contribution is -2.42. The van der Waals surface area contributed by atoms with Gasteiger partial charge in [0.25, 0.3) is 0 Å². The van der Waals surface area contributed by atoms with Crippen LogP contribution >= 0.6 is 11.6 Å². The van der Waals surface area contributed by atoms with E-state index in [1.165, 1.54) is 0 Å². The summed E-state index contributed by atoms with van der Waals surface area (Å²) in [5, 5.41) is 13.2. The number of carboxylic acids is 1. The molecule has 0 radical (unpaired) electrons. The van der Waals surface area contributed by atoms with Gasteiger partial charge in [0.2, 0.25) is 0 Å². The average Bonchev–Trinajstić information content (AvgIpc) is 3.12. The first-order valence-corrected chi connectivity index (χ1v) is 8.69. The molecule has 1 aliphatic carbocycles. The number of halogens is 1. The number of para-hydroxylation sites is 1.